The normalized spacial score (nSPS) is 20.4. The molecule has 1 saturated heterocycles. The van der Waals surface area contributed by atoms with Gasteiger partial charge in [-0.2, -0.15) is 11.8 Å². The third-order valence-corrected chi connectivity index (χ3v) is 4.62. The second-order valence-electron chi connectivity index (χ2n) is 5.53. The lowest BCUT2D eigenvalue weighted by molar-refractivity contribution is -0.141. The Balaban J connectivity index is 2.49. The van der Waals surface area contributed by atoms with Crippen LogP contribution in [0.5, 0.6) is 0 Å². The molecule has 100 valence electrons. The van der Waals surface area contributed by atoms with Crippen LogP contribution in [-0.4, -0.2) is 59.2 Å². The van der Waals surface area contributed by atoms with Crippen LogP contribution in [0.3, 0.4) is 0 Å². The van der Waals surface area contributed by atoms with Crippen molar-refractivity contribution in [2.24, 2.45) is 0 Å². The molecule has 0 saturated carbocycles. The summed E-state index contributed by atoms with van der Waals surface area (Å²) in [6.07, 6.45) is 1.12. The quantitative estimate of drug-likeness (QED) is 0.781. The third-order valence-electron chi connectivity index (χ3n) is 3.63. The Kier molecular flexibility index (Phi) is 4.86. The van der Waals surface area contributed by atoms with Gasteiger partial charge in [0, 0.05) is 12.1 Å². The maximum absolute atomic E-state index is 12.0. The standard InChI is InChI=1S/C12H24N2O2S/c1-11(2,14(3)4)9-13-10(15)12(16)5-7-17-8-6-12/h16H,5-9H2,1-4H3,(H,13,15). The zero-order valence-electron chi connectivity index (χ0n) is 11.2. The molecule has 1 fully saturated rings. The zero-order valence-corrected chi connectivity index (χ0v) is 12.1. The van der Waals surface area contributed by atoms with Gasteiger partial charge in [-0.3, -0.25) is 4.79 Å². The van der Waals surface area contributed by atoms with E-state index in [0.29, 0.717) is 19.4 Å². The Bertz CT molecular complexity index is 274. The monoisotopic (exact) mass is 260 g/mol. The van der Waals surface area contributed by atoms with Crippen molar-refractivity contribution in [3.8, 4) is 0 Å². The van der Waals surface area contributed by atoms with Crippen molar-refractivity contribution in [3.05, 3.63) is 0 Å². The van der Waals surface area contributed by atoms with E-state index in [1.165, 1.54) is 0 Å². The lowest BCUT2D eigenvalue weighted by Crippen LogP contribution is -2.54. The predicted octanol–water partition coefficient (Wildman–Crippen LogP) is 0.701. The predicted molar refractivity (Wildman–Crippen MR) is 72.3 cm³/mol. The summed E-state index contributed by atoms with van der Waals surface area (Å²) >= 11 is 1.79. The van der Waals surface area contributed by atoms with Crippen LogP contribution in [0, 0.1) is 0 Å². The summed E-state index contributed by atoms with van der Waals surface area (Å²) < 4.78 is 0. The summed E-state index contributed by atoms with van der Waals surface area (Å²) in [5.41, 5.74) is -1.25. The largest absolute Gasteiger partial charge is 0.380 e. The van der Waals surface area contributed by atoms with Gasteiger partial charge in [0.05, 0.1) is 0 Å². The fraction of sp³-hybridized carbons (Fsp3) is 0.917. The van der Waals surface area contributed by atoms with Gasteiger partial charge >= 0.3 is 0 Å². The summed E-state index contributed by atoms with van der Waals surface area (Å²) in [7, 11) is 3.97. The number of nitrogens with zero attached hydrogens (tertiary/aromatic N) is 1. The van der Waals surface area contributed by atoms with E-state index in [1.54, 1.807) is 11.8 Å². The van der Waals surface area contributed by atoms with Gasteiger partial charge < -0.3 is 15.3 Å². The molecule has 1 aliphatic rings. The van der Waals surface area contributed by atoms with Gasteiger partial charge in [0.25, 0.3) is 5.91 Å². The second kappa shape index (κ2) is 5.59. The lowest BCUT2D eigenvalue weighted by atomic mass is 9.95. The van der Waals surface area contributed by atoms with E-state index < -0.39 is 5.60 Å². The Hall–Kier alpha value is -0.260. The molecular formula is C12H24N2O2S. The highest BCUT2D eigenvalue weighted by atomic mass is 32.2. The molecule has 0 radical (unpaired) electrons. The smallest absolute Gasteiger partial charge is 0.252 e. The molecule has 0 aliphatic carbocycles. The highest BCUT2D eigenvalue weighted by Crippen LogP contribution is 2.27. The van der Waals surface area contributed by atoms with Gasteiger partial charge in [-0.05, 0) is 52.3 Å². The molecule has 0 atom stereocenters. The van der Waals surface area contributed by atoms with E-state index in [4.69, 9.17) is 0 Å². The van der Waals surface area contributed by atoms with Crippen LogP contribution in [0.25, 0.3) is 0 Å². The first-order valence-electron chi connectivity index (χ1n) is 6.04. The number of hydrogen-bond donors (Lipinski definition) is 2. The molecule has 1 amide bonds. The average molecular weight is 260 g/mol. The zero-order chi connectivity index (χ0) is 13.1. The fourth-order valence-electron chi connectivity index (χ4n) is 1.56. The number of nitrogens with one attached hydrogen (secondary N) is 1. The van der Waals surface area contributed by atoms with Gasteiger partial charge in [-0.25, -0.2) is 0 Å². The average Bonchev–Trinajstić information content (AvgIpc) is 2.26. The topological polar surface area (TPSA) is 52.6 Å². The minimum absolute atomic E-state index is 0.102. The molecule has 1 heterocycles. The van der Waals surface area contributed by atoms with E-state index in [0.717, 1.165) is 11.5 Å². The molecule has 0 aromatic carbocycles. The number of likely N-dealkylation sites (N-methyl/N-ethyl adjacent to an activating group) is 1. The van der Waals surface area contributed by atoms with E-state index in [9.17, 15) is 9.90 Å². The molecule has 17 heavy (non-hydrogen) atoms. The molecule has 1 rings (SSSR count). The van der Waals surface area contributed by atoms with Crippen LogP contribution < -0.4 is 5.32 Å². The summed E-state index contributed by atoms with van der Waals surface area (Å²) in [5.74, 6) is 1.51. The van der Waals surface area contributed by atoms with Crippen molar-refractivity contribution in [1.82, 2.24) is 10.2 Å². The Morgan fingerprint density at radius 1 is 1.41 bits per heavy atom. The maximum Gasteiger partial charge on any atom is 0.252 e. The number of rotatable bonds is 4. The van der Waals surface area contributed by atoms with Gasteiger partial charge in [0.1, 0.15) is 5.60 Å². The van der Waals surface area contributed by atoms with Crippen LogP contribution >= 0.6 is 11.8 Å². The summed E-state index contributed by atoms with van der Waals surface area (Å²) in [6, 6.07) is 0. The van der Waals surface area contributed by atoms with Crippen molar-refractivity contribution in [1.29, 1.82) is 0 Å². The maximum atomic E-state index is 12.0. The SMILES string of the molecule is CN(C)C(C)(C)CNC(=O)C1(O)CCSCC1. The number of aliphatic hydroxyl groups is 1. The molecule has 0 bridgehead atoms. The third kappa shape index (κ3) is 3.86. The van der Waals surface area contributed by atoms with E-state index in [1.807, 2.05) is 14.1 Å². The molecule has 1 aliphatic heterocycles. The Labute approximate surface area is 108 Å². The number of carbonyl (C=O) groups excluding carboxylic acids is 1. The first-order valence-corrected chi connectivity index (χ1v) is 7.19. The van der Waals surface area contributed by atoms with Crippen molar-refractivity contribution in [2.75, 3.05) is 32.1 Å². The van der Waals surface area contributed by atoms with Crippen LogP contribution in [0.4, 0.5) is 0 Å². The van der Waals surface area contributed by atoms with Crippen molar-refractivity contribution >= 4 is 17.7 Å². The summed E-state index contributed by atoms with van der Waals surface area (Å²) in [5, 5.41) is 13.1. The minimum Gasteiger partial charge on any atom is -0.380 e. The van der Waals surface area contributed by atoms with Gasteiger partial charge in [0.2, 0.25) is 0 Å². The molecule has 5 heteroatoms. The molecule has 2 N–H and O–H groups in total. The van der Waals surface area contributed by atoms with E-state index in [2.05, 4.69) is 24.1 Å². The van der Waals surface area contributed by atoms with Crippen molar-refractivity contribution in [2.45, 2.75) is 37.8 Å². The van der Waals surface area contributed by atoms with Crippen LogP contribution in [0.1, 0.15) is 26.7 Å². The highest BCUT2D eigenvalue weighted by molar-refractivity contribution is 7.99. The highest BCUT2D eigenvalue weighted by Gasteiger charge is 2.38. The number of amides is 1. The van der Waals surface area contributed by atoms with Crippen molar-refractivity contribution in [3.63, 3.8) is 0 Å². The Morgan fingerprint density at radius 3 is 2.41 bits per heavy atom. The first-order chi connectivity index (χ1) is 7.78. The van der Waals surface area contributed by atoms with Gasteiger partial charge in [-0.15, -0.1) is 0 Å². The van der Waals surface area contributed by atoms with E-state index >= 15 is 0 Å². The van der Waals surface area contributed by atoms with Crippen LogP contribution in [0.2, 0.25) is 0 Å². The first kappa shape index (κ1) is 14.8. The fourth-order valence-corrected chi connectivity index (χ4v) is 2.72. The molecule has 4 nitrogen and oxygen atoms in total. The summed E-state index contributed by atoms with van der Waals surface area (Å²) in [6.45, 7) is 4.68. The van der Waals surface area contributed by atoms with Gasteiger partial charge in [-0.1, -0.05) is 0 Å². The van der Waals surface area contributed by atoms with Gasteiger partial charge in [0.15, 0.2) is 0 Å². The molecular weight excluding hydrogens is 236 g/mol. The Morgan fingerprint density at radius 2 is 1.94 bits per heavy atom. The second-order valence-corrected chi connectivity index (χ2v) is 6.76. The molecule has 0 unspecified atom stereocenters. The number of thioether (sulfide) groups is 1. The van der Waals surface area contributed by atoms with Crippen LogP contribution in [-0.2, 0) is 4.79 Å². The summed E-state index contributed by atoms with van der Waals surface area (Å²) in [4.78, 5) is 14.1. The lowest BCUT2D eigenvalue weighted by Gasteiger charge is -2.35. The molecule has 0 aromatic heterocycles. The number of hydrogen-bond acceptors (Lipinski definition) is 4. The minimum atomic E-state index is -1.15. The van der Waals surface area contributed by atoms with E-state index in [-0.39, 0.29) is 11.4 Å². The van der Waals surface area contributed by atoms with Crippen LogP contribution in [0.15, 0.2) is 0 Å². The molecule has 0 aromatic rings. The van der Waals surface area contributed by atoms with Crippen molar-refractivity contribution < 1.29 is 9.90 Å². The molecule has 0 spiro atoms. The number of carbonyl (C=O) groups is 1.